The summed E-state index contributed by atoms with van der Waals surface area (Å²) in [4.78, 5) is 35.1. The van der Waals surface area contributed by atoms with Crippen molar-refractivity contribution in [3.05, 3.63) is 90.9 Å². The number of esters is 1. The van der Waals surface area contributed by atoms with Crippen LogP contribution in [-0.2, 0) is 9.53 Å². The highest BCUT2D eigenvalue weighted by Gasteiger charge is 2.33. The smallest absolute Gasteiger partial charge is 0.338 e. The molecule has 30 heavy (non-hydrogen) atoms. The molecule has 0 spiro atoms. The van der Waals surface area contributed by atoms with Gasteiger partial charge in [0.25, 0.3) is 5.56 Å². The maximum atomic E-state index is 13.4. The molecule has 1 atom stereocenters. The molecule has 1 aliphatic rings. The van der Waals surface area contributed by atoms with Crippen molar-refractivity contribution in [1.29, 1.82) is 0 Å². The van der Waals surface area contributed by atoms with E-state index >= 15 is 0 Å². The van der Waals surface area contributed by atoms with Crippen LogP contribution in [0.25, 0.3) is 6.08 Å². The van der Waals surface area contributed by atoms with E-state index in [9.17, 15) is 9.59 Å². The average Bonchev–Trinajstić information content (AvgIpc) is 3.07. The van der Waals surface area contributed by atoms with E-state index in [1.165, 1.54) is 18.4 Å². The minimum Gasteiger partial charge on any atom is -0.497 e. The predicted molar refractivity (Wildman–Crippen MR) is 113 cm³/mol. The molecular weight excluding hydrogens is 402 g/mol. The second-order valence-electron chi connectivity index (χ2n) is 6.63. The molecule has 152 valence electrons. The molecule has 1 aliphatic heterocycles. The van der Waals surface area contributed by atoms with Crippen LogP contribution in [0.15, 0.2) is 69.8 Å². The Bertz CT molecular complexity index is 1310. The maximum Gasteiger partial charge on any atom is 0.338 e. The predicted octanol–water partition coefficient (Wildman–Crippen LogP) is 1.81. The van der Waals surface area contributed by atoms with E-state index in [0.717, 1.165) is 11.1 Å². The monoisotopic (exact) mass is 421 g/mol. The lowest BCUT2D eigenvalue weighted by molar-refractivity contribution is -0.136. The third-order valence-electron chi connectivity index (χ3n) is 4.84. The summed E-state index contributed by atoms with van der Waals surface area (Å²) in [5.41, 5.74) is 2.21. The van der Waals surface area contributed by atoms with E-state index in [4.69, 9.17) is 9.47 Å². The van der Waals surface area contributed by atoms with Crippen molar-refractivity contribution >= 4 is 23.4 Å². The number of hydrogen-bond donors (Lipinski definition) is 0. The van der Waals surface area contributed by atoms with Gasteiger partial charge in [-0.2, -0.15) is 0 Å². The van der Waals surface area contributed by atoms with E-state index in [1.54, 1.807) is 49.2 Å². The average molecular weight is 421 g/mol. The van der Waals surface area contributed by atoms with Gasteiger partial charge in [0.2, 0.25) is 0 Å². The van der Waals surface area contributed by atoms with Gasteiger partial charge in [0.15, 0.2) is 4.80 Å². The first kappa shape index (κ1) is 19.8. The molecule has 3 heterocycles. The Morgan fingerprint density at radius 3 is 2.60 bits per heavy atom. The molecule has 0 saturated heterocycles. The molecule has 0 amide bonds. The number of thiazole rings is 1. The first-order valence-corrected chi connectivity index (χ1v) is 10.00. The lowest BCUT2D eigenvalue weighted by atomic mass is 9.96. The van der Waals surface area contributed by atoms with Crippen molar-refractivity contribution in [3.63, 3.8) is 0 Å². The van der Waals surface area contributed by atoms with Gasteiger partial charge in [0, 0.05) is 12.4 Å². The molecule has 0 fully saturated rings. The van der Waals surface area contributed by atoms with E-state index in [0.29, 0.717) is 26.4 Å². The molecular formula is C22H19N3O4S. The lowest BCUT2D eigenvalue weighted by Crippen LogP contribution is -2.39. The number of rotatable bonds is 4. The number of carbonyl (C=O) groups is 1. The summed E-state index contributed by atoms with van der Waals surface area (Å²) in [6.07, 6.45) is 5.14. The molecule has 0 saturated carbocycles. The summed E-state index contributed by atoms with van der Waals surface area (Å²) in [7, 11) is 2.90. The third-order valence-corrected chi connectivity index (χ3v) is 5.82. The van der Waals surface area contributed by atoms with E-state index in [1.807, 2.05) is 24.3 Å². The van der Waals surface area contributed by atoms with Crippen LogP contribution in [0.5, 0.6) is 5.75 Å². The Morgan fingerprint density at radius 1 is 1.20 bits per heavy atom. The van der Waals surface area contributed by atoms with Gasteiger partial charge in [0.05, 0.1) is 36.1 Å². The Kier molecular flexibility index (Phi) is 5.33. The first-order chi connectivity index (χ1) is 14.5. The molecule has 0 unspecified atom stereocenters. The number of hydrogen-bond acceptors (Lipinski definition) is 7. The fourth-order valence-electron chi connectivity index (χ4n) is 3.41. The minimum atomic E-state index is -0.643. The van der Waals surface area contributed by atoms with Gasteiger partial charge >= 0.3 is 5.97 Å². The standard InChI is InChI=1S/C22H19N3O4S/c1-13-18(21(27)29-3)19(15-6-8-16(28-2)9-7-15)25-20(26)17(30-22(25)24-13)11-14-5-4-10-23-12-14/h4-12,19H,1-3H3/b17-11-/t19-/m1/s1. The summed E-state index contributed by atoms with van der Waals surface area (Å²) >= 11 is 1.28. The lowest BCUT2D eigenvalue weighted by Gasteiger charge is -2.24. The number of benzene rings is 1. The van der Waals surface area contributed by atoms with E-state index in [2.05, 4.69) is 9.98 Å². The number of fused-ring (bicyclic) bond motifs is 1. The Hall–Kier alpha value is -3.52. The van der Waals surface area contributed by atoms with Crippen LogP contribution in [0.3, 0.4) is 0 Å². The van der Waals surface area contributed by atoms with Crippen LogP contribution in [-0.4, -0.2) is 29.7 Å². The molecule has 7 nitrogen and oxygen atoms in total. The Labute approximate surface area is 176 Å². The fraction of sp³-hybridized carbons (Fsp3) is 0.182. The fourth-order valence-corrected chi connectivity index (χ4v) is 4.45. The highest BCUT2D eigenvalue weighted by molar-refractivity contribution is 7.07. The minimum absolute atomic E-state index is 0.225. The topological polar surface area (TPSA) is 82.8 Å². The number of carbonyl (C=O) groups excluding carboxylic acids is 1. The largest absolute Gasteiger partial charge is 0.497 e. The SMILES string of the molecule is COC(=O)C1=C(C)N=c2s/c(=C\c3cccnc3)c(=O)n2[C@@H]1c1ccc(OC)cc1. The molecule has 0 N–H and O–H groups in total. The molecule has 2 aromatic heterocycles. The van der Waals surface area contributed by atoms with Crippen molar-refractivity contribution in [2.75, 3.05) is 14.2 Å². The molecule has 8 heteroatoms. The Balaban J connectivity index is 1.96. The van der Waals surface area contributed by atoms with Crippen LogP contribution >= 0.6 is 11.3 Å². The maximum absolute atomic E-state index is 13.4. The van der Waals surface area contributed by atoms with Crippen LogP contribution in [0, 0.1) is 0 Å². The van der Waals surface area contributed by atoms with Gasteiger partial charge in [-0.25, -0.2) is 9.79 Å². The number of aromatic nitrogens is 2. The number of allylic oxidation sites excluding steroid dienone is 1. The van der Waals surface area contributed by atoms with Gasteiger partial charge in [-0.15, -0.1) is 0 Å². The van der Waals surface area contributed by atoms with Crippen molar-refractivity contribution in [2.45, 2.75) is 13.0 Å². The quantitative estimate of drug-likeness (QED) is 0.600. The Morgan fingerprint density at radius 2 is 1.97 bits per heavy atom. The number of methoxy groups -OCH3 is 2. The summed E-state index contributed by atoms with van der Waals surface area (Å²) in [5, 5.41) is 0. The highest BCUT2D eigenvalue weighted by atomic mass is 32.1. The van der Waals surface area contributed by atoms with Crippen LogP contribution < -0.4 is 19.6 Å². The summed E-state index contributed by atoms with van der Waals surface area (Å²) in [6, 6.07) is 10.3. The molecule has 3 aromatic rings. The summed E-state index contributed by atoms with van der Waals surface area (Å²) < 4.78 is 12.3. The second kappa shape index (κ2) is 8.08. The zero-order chi connectivity index (χ0) is 21.3. The zero-order valence-electron chi connectivity index (χ0n) is 16.7. The van der Waals surface area contributed by atoms with Crippen molar-refractivity contribution < 1.29 is 14.3 Å². The second-order valence-corrected chi connectivity index (χ2v) is 7.64. The van der Waals surface area contributed by atoms with Crippen molar-refractivity contribution in [2.24, 2.45) is 4.99 Å². The molecule has 4 rings (SSSR count). The molecule has 1 aromatic carbocycles. The van der Waals surface area contributed by atoms with Gasteiger partial charge in [-0.1, -0.05) is 29.5 Å². The van der Waals surface area contributed by atoms with Crippen LogP contribution in [0.4, 0.5) is 0 Å². The van der Waals surface area contributed by atoms with E-state index in [-0.39, 0.29) is 5.56 Å². The molecule has 0 aliphatic carbocycles. The van der Waals surface area contributed by atoms with Crippen LogP contribution in [0.1, 0.15) is 24.1 Å². The number of ether oxygens (including phenoxy) is 2. The summed E-state index contributed by atoms with van der Waals surface area (Å²) in [5.74, 6) is 0.168. The molecule has 0 radical (unpaired) electrons. The zero-order valence-corrected chi connectivity index (χ0v) is 17.5. The number of nitrogens with zero attached hydrogens (tertiary/aromatic N) is 3. The van der Waals surface area contributed by atoms with Gasteiger partial charge in [0.1, 0.15) is 5.75 Å². The molecule has 0 bridgehead atoms. The van der Waals surface area contributed by atoms with Crippen LogP contribution in [0.2, 0.25) is 0 Å². The summed E-state index contributed by atoms with van der Waals surface area (Å²) in [6.45, 7) is 1.75. The van der Waals surface area contributed by atoms with Crippen molar-refractivity contribution in [3.8, 4) is 5.75 Å². The van der Waals surface area contributed by atoms with Crippen molar-refractivity contribution in [1.82, 2.24) is 9.55 Å². The third kappa shape index (κ3) is 3.46. The first-order valence-electron chi connectivity index (χ1n) is 9.18. The van der Waals surface area contributed by atoms with Gasteiger partial charge in [-0.3, -0.25) is 14.3 Å². The normalized spacial score (nSPS) is 16.1. The van der Waals surface area contributed by atoms with Gasteiger partial charge < -0.3 is 9.47 Å². The van der Waals surface area contributed by atoms with E-state index < -0.39 is 12.0 Å². The highest BCUT2D eigenvalue weighted by Crippen LogP contribution is 2.31. The number of pyridine rings is 1. The van der Waals surface area contributed by atoms with Gasteiger partial charge in [-0.05, 0) is 42.3 Å².